The Morgan fingerprint density at radius 1 is 0.913 bits per heavy atom. The van der Waals surface area contributed by atoms with E-state index in [1.165, 1.54) is 6.42 Å². The fraction of sp³-hybridized carbons (Fsp3) is 0.789. The second kappa shape index (κ2) is 8.44. The molecule has 0 radical (unpaired) electrons. The molecule has 1 aliphatic carbocycles. The monoisotopic (exact) mass is 357 g/mol. The van der Waals surface area contributed by atoms with Crippen LogP contribution in [-0.4, -0.2) is 50.9 Å². The molecule has 1 rings (SSSR count). The van der Waals surface area contributed by atoms with Crippen molar-refractivity contribution < 1.29 is 17.4 Å². The molecular weight excluding hydrogens is 318 g/mol. The van der Waals surface area contributed by atoms with Crippen molar-refractivity contribution >= 4 is 0 Å². The first-order valence-corrected chi connectivity index (χ1v) is 12.0. The average Bonchev–Trinajstić information content (AvgIpc) is 2.93. The van der Waals surface area contributed by atoms with Gasteiger partial charge in [-0.25, -0.2) is 0 Å². The zero-order chi connectivity index (χ0) is 17.8. The molecule has 4 heteroatoms. The summed E-state index contributed by atoms with van der Waals surface area (Å²) in [5.74, 6) is 0. The van der Waals surface area contributed by atoms with Gasteiger partial charge in [-0.3, -0.25) is 0 Å². The standard InChI is InChI=1S/C10H15.3C3H8N.Ti/c1-10(2,3)8-9-6-4-5-7-9;3*1-3-4-2;/h4,6H,5,8H2,1-3H3;3*3H2,1-2H3;/q;3*-1;+3. The summed E-state index contributed by atoms with van der Waals surface area (Å²) in [7, 11) is 7.04. The fourth-order valence-corrected chi connectivity index (χ4v) is 12.4. The Labute approximate surface area is 149 Å². The van der Waals surface area contributed by atoms with E-state index >= 15 is 0 Å². The van der Waals surface area contributed by atoms with Gasteiger partial charge < -0.3 is 0 Å². The third-order valence-corrected chi connectivity index (χ3v) is 13.7. The number of allylic oxidation sites excluding steroid dienone is 4. The van der Waals surface area contributed by atoms with Crippen LogP contribution in [0, 0.1) is 5.41 Å². The summed E-state index contributed by atoms with van der Waals surface area (Å²) in [6.45, 7) is 17.3. The maximum absolute atomic E-state index is 2.69. The summed E-state index contributed by atoms with van der Waals surface area (Å²) in [6, 6.07) is 0. The predicted molar refractivity (Wildman–Crippen MR) is 99.8 cm³/mol. The van der Waals surface area contributed by atoms with Crippen molar-refractivity contribution in [2.24, 2.45) is 5.41 Å². The van der Waals surface area contributed by atoms with Crippen molar-refractivity contribution in [1.82, 2.24) is 10.1 Å². The van der Waals surface area contributed by atoms with E-state index in [-0.39, 0.29) is 0 Å². The van der Waals surface area contributed by atoms with Gasteiger partial charge in [0.25, 0.3) is 0 Å². The van der Waals surface area contributed by atoms with Gasteiger partial charge in [0.05, 0.1) is 0 Å². The van der Waals surface area contributed by atoms with Crippen molar-refractivity contribution in [3.63, 3.8) is 0 Å². The van der Waals surface area contributed by atoms with E-state index in [2.05, 4.69) is 85.0 Å². The second-order valence-electron chi connectivity index (χ2n) is 8.03. The summed E-state index contributed by atoms with van der Waals surface area (Å²) < 4.78 is 9.83. The Bertz CT molecular complexity index is 421. The van der Waals surface area contributed by atoms with Gasteiger partial charge in [-0.1, -0.05) is 0 Å². The van der Waals surface area contributed by atoms with Gasteiger partial charge in [-0.05, 0) is 0 Å². The second-order valence-corrected chi connectivity index (χ2v) is 14.5. The molecule has 0 spiro atoms. The Morgan fingerprint density at radius 2 is 1.35 bits per heavy atom. The minimum atomic E-state index is -2.68. The van der Waals surface area contributed by atoms with Crippen LogP contribution in [0.15, 0.2) is 21.6 Å². The number of nitrogens with zero attached hydrogens (tertiary/aromatic N) is 3. The first kappa shape index (κ1) is 21.1. The number of hydrogen-bond donors (Lipinski definition) is 0. The first-order chi connectivity index (χ1) is 10.6. The quantitative estimate of drug-likeness (QED) is 0.597. The molecule has 0 bridgehead atoms. The molecule has 0 aromatic heterocycles. The molecule has 3 nitrogen and oxygen atoms in total. The van der Waals surface area contributed by atoms with E-state index in [0.717, 1.165) is 26.1 Å². The van der Waals surface area contributed by atoms with Gasteiger partial charge in [0.15, 0.2) is 0 Å². The van der Waals surface area contributed by atoms with Gasteiger partial charge in [0.2, 0.25) is 0 Å². The Morgan fingerprint density at radius 3 is 1.70 bits per heavy atom. The van der Waals surface area contributed by atoms with E-state index in [0.29, 0.717) is 5.41 Å². The summed E-state index contributed by atoms with van der Waals surface area (Å²) in [5, 5.41) is 0. The normalized spacial score (nSPS) is 16.5. The third-order valence-electron chi connectivity index (χ3n) is 5.17. The molecule has 0 atom stereocenters. The third kappa shape index (κ3) is 4.38. The summed E-state index contributed by atoms with van der Waals surface area (Å²) in [4.78, 5) is 0. The Balaban J connectivity index is 3.51. The molecule has 0 amide bonds. The van der Waals surface area contributed by atoms with Crippen LogP contribution in [0.25, 0.3) is 0 Å². The van der Waals surface area contributed by atoms with Crippen molar-refractivity contribution in [2.75, 3.05) is 40.8 Å². The molecule has 0 heterocycles. The topological polar surface area (TPSA) is 9.72 Å². The van der Waals surface area contributed by atoms with E-state index in [9.17, 15) is 0 Å². The van der Waals surface area contributed by atoms with Crippen LogP contribution in [-0.2, 0) is 17.4 Å². The molecule has 134 valence electrons. The van der Waals surface area contributed by atoms with Gasteiger partial charge in [0.1, 0.15) is 0 Å². The molecule has 0 aliphatic heterocycles. The fourth-order valence-electron chi connectivity index (χ4n) is 3.87. The summed E-state index contributed by atoms with van der Waals surface area (Å²) in [6.07, 6.45) is 7.13. The van der Waals surface area contributed by atoms with Gasteiger partial charge in [-0.2, -0.15) is 0 Å². The SMILES string of the molecule is CC[N](C)[Ti]([C]1=C(CC(C)(C)C)C=CC1)([N](C)CC)[N](C)CC. The Hall–Kier alpha value is 0.0743. The van der Waals surface area contributed by atoms with Crippen molar-refractivity contribution in [3.8, 4) is 0 Å². The van der Waals surface area contributed by atoms with Crippen LogP contribution < -0.4 is 0 Å². The van der Waals surface area contributed by atoms with Crippen LogP contribution in [0.3, 0.4) is 0 Å². The molecule has 0 N–H and O–H groups in total. The predicted octanol–water partition coefficient (Wildman–Crippen LogP) is 4.39. The van der Waals surface area contributed by atoms with Crippen LogP contribution in [0.1, 0.15) is 54.4 Å². The van der Waals surface area contributed by atoms with Crippen molar-refractivity contribution in [2.45, 2.75) is 54.4 Å². The van der Waals surface area contributed by atoms with Gasteiger partial charge in [-0.15, -0.1) is 0 Å². The zero-order valence-corrected chi connectivity index (χ0v) is 18.6. The average molecular weight is 357 g/mol. The molecule has 23 heavy (non-hydrogen) atoms. The van der Waals surface area contributed by atoms with Crippen LogP contribution in [0.4, 0.5) is 0 Å². The van der Waals surface area contributed by atoms with Crippen molar-refractivity contribution in [1.29, 1.82) is 0 Å². The maximum atomic E-state index is 2.69. The molecule has 1 aliphatic rings. The molecule has 0 fully saturated rings. The zero-order valence-electron chi connectivity index (χ0n) is 17.0. The number of hydrogen-bond acceptors (Lipinski definition) is 3. The van der Waals surface area contributed by atoms with E-state index < -0.39 is 17.4 Å². The number of rotatable bonds is 8. The first-order valence-electron chi connectivity index (χ1n) is 9.17. The van der Waals surface area contributed by atoms with Crippen molar-refractivity contribution in [3.05, 3.63) is 21.6 Å². The Kier molecular flexibility index (Phi) is 7.75. The van der Waals surface area contributed by atoms with E-state index in [1.807, 2.05) is 0 Å². The molecule has 0 saturated heterocycles. The summed E-state index contributed by atoms with van der Waals surface area (Å²) >= 11 is -2.68. The van der Waals surface area contributed by atoms with E-state index in [1.54, 1.807) is 9.45 Å². The molecule has 0 saturated carbocycles. The molecule has 0 aromatic rings. The van der Waals surface area contributed by atoms with Crippen LogP contribution in [0.2, 0.25) is 0 Å². The minimum absolute atomic E-state index is 0.337. The van der Waals surface area contributed by atoms with Gasteiger partial charge in [0, 0.05) is 0 Å². The van der Waals surface area contributed by atoms with Gasteiger partial charge >= 0.3 is 150 Å². The van der Waals surface area contributed by atoms with Crippen LogP contribution >= 0.6 is 0 Å². The molecule has 0 aromatic carbocycles. The molecular formula is C19H39N3Ti. The molecule has 0 unspecified atom stereocenters. The summed E-state index contributed by atoms with van der Waals surface area (Å²) in [5.41, 5.74) is 1.95. The van der Waals surface area contributed by atoms with E-state index in [4.69, 9.17) is 0 Å². The van der Waals surface area contributed by atoms with Crippen LogP contribution in [0.5, 0.6) is 0 Å².